The first-order chi connectivity index (χ1) is 48.1. The molecule has 32 heteroatoms. The number of benzene rings is 4. The summed E-state index contributed by atoms with van der Waals surface area (Å²) in [5, 5.41) is 51.9. The summed E-state index contributed by atoms with van der Waals surface area (Å²) in [6.07, 6.45) is -0.0401. The minimum Gasteiger partial charge on any atom is -0.508 e. The highest BCUT2D eigenvalue weighted by Gasteiger charge is 2.40. The Kier molecular flexibility index (Phi) is 31.0. The van der Waals surface area contributed by atoms with Crippen LogP contribution in [0.4, 0.5) is 0 Å². The predicted octanol–water partition coefficient (Wildman–Crippen LogP) is -1.61. The molecule has 6 rings (SSSR count). The second-order valence-corrected chi connectivity index (χ2v) is 25.9. The molecule has 2 heterocycles. The SMILES string of the molecule is CC(=O)N[C@H]1CCC(=O)NCC(=O)N[C@@H](C(=O)N[C@@H](CO)C(=O)N[C@@H](Cc2ccc(O)cc2)C(=O)N[C@H](Cc2ccc3ccccc3c2)C(=O)N[C@H](CC(C)C)C(=O)N[C@@H](CCCN=C(N)N)C(=O)N2CCC[C@H]2C(=O)N[C@H](C)C(N)=O)CCCCNC(=O)[C@@H](Cc2ccc(Cl)cc2)NC1=O. The highest BCUT2D eigenvalue weighted by molar-refractivity contribution is 6.30. The Bertz CT molecular complexity index is 3630. The maximum Gasteiger partial charge on any atom is 0.245 e. The topological polar surface area (TPSA) is 488 Å². The Balaban J connectivity index is 1.25. The third-order valence-electron chi connectivity index (χ3n) is 16.9. The number of carbonyl (C=O) groups excluding carboxylic acids is 13. The van der Waals surface area contributed by atoms with Crippen LogP contribution in [0.2, 0.25) is 5.02 Å². The number of rotatable bonds is 28. The third kappa shape index (κ3) is 26.0. The van der Waals surface area contributed by atoms with Crippen LogP contribution in [0.5, 0.6) is 5.75 Å². The van der Waals surface area contributed by atoms with Gasteiger partial charge in [-0.2, -0.15) is 0 Å². The fourth-order valence-corrected chi connectivity index (χ4v) is 11.6. The number of halogens is 1. The molecule has 0 unspecified atom stereocenters. The summed E-state index contributed by atoms with van der Waals surface area (Å²) >= 11 is 6.10. The second-order valence-electron chi connectivity index (χ2n) is 25.5. The molecule has 31 nitrogen and oxygen atoms in total. The van der Waals surface area contributed by atoms with Crippen LogP contribution in [0.3, 0.4) is 0 Å². The summed E-state index contributed by atoms with van der Waals surface area (Å²) in [7, 11) is 0. The molecule has 19 N–H and O–H groups in total. The summed E-state index contributed by atoms with van der Waals surface area (Å²) in [5.74, 6) is -10.9. The molecule has 0 aromatic heterocycles. The predicted molar refractivity (Wildman–Crippen MR) is 373 cm³/mol. The number of primary amides is 1. The van der Waals surface area contributed by atoms with Crippen molar-refractivity contribution in [3.8, 4) is 5.75 Å². The van der Waals surface area contributed by atoms with E-state index in [0.717, 1.165) is 10.8 Å². The number of phenols is 1. The number of nitrogens with one attached hydrogen (secondary N) is 11. The maximum atomic E-state index is 15.1. The molecule has 13 amide bonds. The van der Waals surface area contributed by atoms with Gasteiger partial charge in [0.25, 0.3) is 0 Å². The lowest BCUT2D eigenvalue weighted by molar-refractivity contribution is -0.142. The summed E-state index contributed by atoms with van der Waals surface area (Å²) in [6, 6.07) is 11.4. The molecule has 2 aliphatic heterocycles. The van der Waals surface area contributed by atoms with Gasteiger partial charge < -0.3 is 90.8 Å². The number of fused-ring (bicyclic) bond motifs is 1. The van der Waals surface area contributed by atoms with Crippen LogP contribution in [-0.2, 0) is 81.6 Å². The third-order valence-corrected chi connectivity index (χ3v) is 17.1. The molecule has 2 fully saturated rings. The lowest BCUT2D eigenvalue weighted by Crippen LogP contribution is -2.61. The van der Waals surface area contributed by atoms with E-state index in [-0.39, 0.29) is 114 Å². The molecule has 2 saturated heterocycles. The van der Waals surface area contributed by atoms with E-state index in [1.807, 2.05) is 36.4 Å². The second kappa shape index (κ2) is 39.4. The first-order valence-electron chi connectivity index (χ1n) is 33.6. The van der Waals surface area contributed by atoms with E-state index in [0.29, 0.717) is 28.1 Å². The van der Waals surface area contributed by atoms with Gasteiger partial charge in [0.1, 0.15) is 66.2 Å². The van der Waals surface area contributed by atoms with E-state index in [9.17, 15) is 63.0 Å². The van der Waals surface area contributed by atoms with Gasteiger partial charge in [-0.25, -0.2) is 0 Å². The Labute approximate surface area is 589 Å². The number of nitrogens with zero attached hydrogens (tertiary/aromatic N) is 2. The first-order valence-corrected chi connectivity index (χ1v) is 33.9. The van der Waals surface area contributed by atoms with Crippen LogP contribution in [0, 0.1) is 5.92 Å². The van der Waals surface area contributed by atoms with Gasteiger partial charge in [-0.3, -0.25) is 67.3 Å². The summed E-state index contributed by atoms with van der Waals surface area (Å²) in [5.41, 5.74) is 18.1. The van der Waals surface area contributed by atoms with Crippen molar-refractivity contribution in [2.75, 3.05) is 32.8 Å². The highest BCUT2D eigenvalue weighted by atomic mass is 35.5. The van der Waals surface area contributed by atoms with Gasteiger partial charge in [-0.15, -0.1) is 0 Å². The molecule has 10 atom stereocenters. The molecule has 0 saturated carbocycles. The minimum atomic E-state index is -1.81. The van der Waals surface area contributed by atoms with E-state index in [2.05, 4.69) is 63.5 Å². The van der Waals surface area contributed by atoms with E-state index in [1.165, 1.54) is 43.0 Å². The number of phenolic OH excluding ortho intramolecular Hbond substituents is 1. The van der Waals surface area contributed by atoms with Gasteiger partial charge in [0.15, 0.2) is 5.96 Å². The van der Waals surface area contributed by atoms with Crippen molar-refractivity contribution in [2.45, 2.75) is 172 Å². The van der Waals surface area contributed by atoms with Gasteiger partial charge in [-0.05, 0) is 122 Å². The van der Waals surface area contributed by atoms with Crippen molar-refractivity contribution in [1.29, 1.82) is 0 Å². The minimum absolute atomic E-state index is 0.00723. The lowest BCUT2D eigenvalue weighted by atomic mass is 9.98. The van der Waals surface area contributed by atoms with Crippen molar-refractivity contribution in [3.05, 3.63) is 113 Å². The molecule has 546 valence electrons. The number of likely N-dealkylation sites (tertiary alicyclic amines) is 1. The van der Waals surface area contributed by atoms with Crippen molar-refractivity contribution < 1.29 is 72.5 Å². The normalized spacial score (nSPS) is 18.9. The monoisotopic (exact) mass is 1420 g/mol. The molecular formula is C69H93ClN16O15. The molecule has 4 aromatic carbocycles. The van der Waals surface area contributed by atoms with E-state index in [4.69, 9.17) is 28.8 Å². The van der Waals surface area contributed by atoms with Crippen LogP contribution >= 0.6 is 11.6 Å². The largest absolute Gasteiger partial charge is 0.508 e. The summed E-state index contributed by atoms with van der Waals surface area (Å²) in [6.45, 7) is 4.66. The van der Waals surface area contributed by atoms with Gasteiger partial charge in [0, 0.05) is 57.3 Å². The number of hydrogen-bond acceptors (Lipinski definition) is 16. The zero-order valence-corrected chi connectivity index (χ0v) is 57.7. The zero-order valence-electron chi connectivity index (χ0n) is 56.9. The Morgan fingerprint density at radius 3 is 1.90 bits per heavy atom. The number of nitrogens with two attached hydrogens (primary N) is 3. The molecule has 0 bridgehead atoms. The number of amides is 13. The first kappa shape index (κ1) is 79.6. The summed E-state index contributed by atoms with van der Waals surface area (Å²) < 4.78 is 0. The van der Waals surface area contributed by atoms with Gasteiger partial charge in [0.05, 0.1) is 13.2 Å². The fourth-order valence-electron chi connectivity index (χ4n) is 11.5. The summed E-state index contributed by atoms with van der Waals surface area (Å²) in [4.78, 5) is 185. The van der Waals surface area contributed by atoms with Crippen LogP contribution in [0.15, 0.2) is 96.0 Å². The molecule has 4 aromatic rings. The number of aliphatic hydroxyl groups is 1. The van der Waals surface area contributed by atoms with Crippen LogP contribution < -0.4 is 75.7 Å². The van der Waals surface area contributed by atoms with Crippen LogP contribution in [-0.4, -0.2) is 191 Å². The zero-order chi connectivity index (χ0) is 73.9. The molecular weight excluding hydrogens is 1330 g/mol. The van der Waals surface area contributed by atoms with Crippen LogP contribution in [0.1, 0.15) is 109 Å². The number of guanidine groups is 1. The highest BCUT2D eigenvalue weighted by Crippen LogP contribution is 2.22. The van der Waals surface area contributed by atoms with Gasteiger partial charge in [0.2, 0.25) is 76.8 Å². The van der Waals surface area contributed by atoms with Crippen molar-refractivity contribution in [2.24, 2.45) is 28.1 Å². The quantitative estimate of drug-likeness (QED) is 0.0173. The average Bonchev–Trinajstić information content (AvgIpc) is 1.82. The molecule has 0 aliphatic carbocycles. The number of aliphatic imine (C=N–C) groups is 1. The Morgan fingerprint density at radius 1 is 0.644 bits per heavy atom. The Morgan fingerprint density at radius 2 is 1.26 bits per heavy atom. The smallest absolute Gasteiger partial charge is 0.245 e. The Hall–Kier alpha value is -10.4. The van der Waals surface area contributed by atoms with Crippen LogP contribution in [0.25, 0.3) is 10.8 Å². The van der Waals surface area contributed by atoms with E-state index < -0.39 is 150 Å². The van der Waals surface area contributed by atoms with E-state index in [1.54, 1.807) is 44.2 Å². The van der Waals surface area contributed by atoms with Crippen molar-refractivity contribution in [3.63, 3.8) is 0 Å². The van der Waals surface area contributed by atoms with E-state index >= 15 is 9.59 Å². The number of carbonyl (C=O) groups is 13. The number of aliphatic hydroxyl groups excluding tert-OH is 1. The van der Waals surface area contributed by atoms with Gasteiger partial charge in [-0.1, -0.05) is 92.2 Å². The molecule has 0 spiro atoms. The molecule has 101 heavy (non-hydrogen) atoms. The molecule has 2 aliphatic rings. The van der Waals surface area contributed by atoms with Crippen molar-refractivity contribution >= 4 is 105 Å². The number of hydrogen-bond donors (Lipinski definition) is 16. The maximum absolute atomic E-state index is 15.1. The standard InChI is InChI=1S/C69H93ClN16O15/c1-38(2)31-51(63(96)80-50(14-9-29-75-69(72)73)68(101)86-30-10-15-56(86)67(100)77-39(3)59(71)92)81-65(98)54(35-43-16-21-44-11-5-6-12-45(44)32-43)83-64(97)53(34-42-19-24-47(89)25-20-42)84-66(99)55(37-87)85-61(94)48-13-7-8-28-74-60(93)52(33-41-17-22-46(70)23-18-41)82-62(95)49(78-40(4)88)26-27-57(90)76-36-58(91)79-48/h5-6,11-12,16-25,32,38-39,48-56,87,89H,7-10,13-15,26-31,33-37H2,1-4H3,(H2,71,92)(H,74,93)(H,76,90)(H,77,100)(H,78,88)(H,79,91)(H,80,96)(H,81,98)(H,82,95)(H,83,97)(H,84,99)(H,85,94)(H4,72,73,75)/t39-,48-,49+,50+,51-,52-,53+,54-,55+,56+/m1/s1. The fraction of sp³-hybridized carbons (Fsp3) is 0.478. The lowest BCUT2D eigenvalue weighted by Gasteiger charge is -2.31. The number of aromatic hydroxyl groups is 1. The van der Waals surface area contributed by atoms with Crippen molar-refractivity contribution in [1.82, 2.24) is 63.4 Å². The average molecular weight is 1420 g/mol. The van der Waals surface area contributed by atoms with Gasteiger partial charge >= 0.3 is 0 Å². The molecule has 0 radical (unpaired) electrons.